The zero-order valence-corrected chi connectivity index (χ0v) is 10.9. The van der Waals surface area contributed by atoms with Gasteiger partial charge in [0.2, 0.25) is 0 Å². The van der Waals surface area contributed by atoms with Gasteiger partial charge in [-0.3, -0.25) is 0 Å². The van der Waals surface area contributed by atoms with Crippen LogP contribution in [0.1, 0.15) is 38.3 Å². The van der Waals surface area contributed by atoms with Gasteiger partial charge in [-0.25, -0.2) is 0 Å². The second kappa shape index (κ2) is 5.31. The molecule has 4 heteroatoms. The zero-order valence-electron chi connectivity index (χ0n) is 10.9. The van der Waals surface area contributed by atoms with Gasteiger partial charge in [-0.15, -0.1) is 0 Å². The number of aliphatic hydroxyl groups is 1. The first-order valence-corrected chi connectivity index (χ1v) is 5.92. The fraction of sp³-hybridized carbons (Fsp3) is 0.571. The normalized spacial score (nSPS) is 14.6. The zero-order chi connectivity index (χ0) is 14.0. The molecule has 1 aromatic rings. The summed E-state index contributed by atoms with van der Waals surface area (Å²) in [6, 6.07) is 4.96. The predicted octanol–water partition coefficient (Wildman–Crippen LogP) is 4.05. The molecule has 0 aromatic heterocycles. The van der Waals surface area contributed by atoms with Crippen LogP contribution in [0.4, 0.5) is 13.2 Å². The molecule has 0 amide bonds. The Morgan fingerprint density at radius 2 is 1.56 bits per heavy atom. The highest BCUT2D eigenvalue weighted by Crippen LogP contribution is 2.29. The highest BCUT2D eigenvalue weighted by Gasteiger charge is 2.30. The van der Waals surface area contributed by atoms with Gasteiger partial charge in [-0.05, 0) is 36.0 Å². The van der Waals surface area contributed by atoms with Crippen molar-refractivity contribution in [3.8, 4) is 0 Å². The van der Waals surface area contributed by atoms with Crippen molar-refractivity contribution in [1.29, 1.82) is 0 Å². The largest absolute Gasteiger partial charge is 0.416 e. The van der Waals surface area contributed by atoms with E-state index in [1.165, 1.54) is 12.1 Å². The van der Waals surface area contributed by atoms with E-state index in [-0.39, 0.29) is 5.41 Å². The van der Waals surface area contributed by atoms with Crippen molar-refractivity contribution in [2.75, 3.05) is 0 Å². The first-order chi connectivity index (χ1) is 8.08. The van der Waals surface area contributed by atoms with Crippen LogP contribution in [0.5, 0.6) is 0 Å². The van der Waals surface area contributed by atoms with Crippen LogP contribution in [0, 0.1) is 5.41 Å². The minimum Gasteiger partial charge on any atom is -0.393 e. The molecule has 0 bridgehead atoms. The van der Waals surface area contributed by atoms with Crippen molar-refractivity contribution < 1.29 is 18.3 Å². The molecule has 18 heavy (non-hydrogen) atoms. The van der Waals surface area contributed by atoms with E-state index in [0.29, 0.717) is 12.8 Å². The van der Waals surface area contributed by atoms with Gasteiger partial charge in [0, 0.05) is 0 Å². The van der Waals surface area contributed by atoms with E-state index < -0.39 is 17.8 Å². The maximum atomic E-state index is 12.4. The number of alkyl halides is 3. The molecule has 1 aromatic carbocycles. The van der Waals surface area contributed by atoms with Crippen LogP contribution < -0.4 is 0 Å². The molecule has 0 aliphatic carbocycles. The molecule has 102 valence electrons. The summed E-state index contributed by atoms with van der Waals surface area (Å²) < 4.78 is 37.1. The molecule has 1 N–H and O–H groups in total. The van der Waals surface area contributed by atoms with Crippen LogP contribution in [0.3, 0.4) is 0 Å². The fourth-order valence-corrected chi connectivity index (χ4v) is 1.88. The Balaban J connectivity index is 2.64. The Kier molecular flexibility index (Phi) is 4.43. The lowest BCUT2D eigenvalue weighted by Crippen LogP contribution is -2.19. The van der Waals surface area contributed by atoms with Gasteiger partial charge in [0.25, 0.3) is 0 Å². The molecule has 0 saturated heterocycles. The maximum Gasteiger partial charge on any atom is 0.416 e. The van der Waals surface area contributed by atoms with Crippen LogP contribution in [-0.2, 0) is 12.6 Å². The van der Waals surface area contributed by atoms with E-state index in [2.05, 4.69) is 0 Å². The Labute approximate surface area is 106 Å². The standard InChI is InChI=1S/C14H19F3O/c1-13(2,3)9-12(18)8-10-4-6-11(7-5-10)14(15,16)17/h4-7,12,18H,8-9H2,1-3H3. The number of hydrogen-bond donors (Lipinski definition) is 1. The number of halogens is 3. The second-order valence-corrected chi connectivity index (χ2v) is 5.82. The highest BCUT2D eigenvalue weighted by atomic mass is 19.4. The summed E-state index contributed by atoms with van der Waals surface area (Å²) in [6.45, 7) is 6.05. The minimum absolute atomic E-state index is 0.00528. The van der Waals surface area contributed by atoms with Crippen LogP contribution in [0.25, 0.3) is 0 Å². The third-order valence-electron chi connectivity index (χ3n) is 2.60. The van der Waals surface area contributed by atoms with Crippen molar-refractivity contribution in [2.45, 2.75) is 45.9 Å². The van der Waals surface area contributed by atoms with Gasteiger partial charge in [0.15, 0.2) is 0 Å². The molecule has 0 aliphatic rings. The van der Waals surface area contributed by atoms with Gasteiger partial charge in [-0.2, -0.15) is 13.2 Å². The van der Waals surface area contributed by atoms with E-state index in [9.17, 15) is 18.3 Å². The monoisotopic (exact) mass is 260 g/mol. The quantitative estimate of drug-likeness (QED) is 0.869. The van der Waals surface area contributed by atoms with Crippen molar-refractivity contribution in [2.24, 2.45) is 5.41 Å². The number of benzene rings is 1. The Bertz CT molecular complexity index is 374. The summed E-state index contributed by atoms with van der Waals surface area (Å²) in [7, 11) is 0. The lowest BCUT2D eigenvalue weighted by Gasteiger charge is -2.22. The Hall–Kier alpha value is -1.03. The van der Waals surface area contributed by atoms with Crippen molar-refractivity contribution in [3.63, 3.8) is 0 Å². The summed E-state index contributed by atoms with van der Waals surface area (Å²) in [4.78, 5) is 0. The Morgan fingerprint density at radius 1 is 1.06 bits per heavy atom. The molecule has 1 unspecified atom stereocenters. The summed E-state index contributed by atoms with van der Waals surface area (Å²) >= 11 is 0. The van der Waals surface area contributed by atoms with E-state index >= 15 is 0 Å². The van der Waals surface area contributed by atoms with E-state index in [4.69, 9.17) is 0 Å². The summed E-state index contributed by atoms with van der Waals surface area (Å²) in [5.41, 5.74) is 0.0713. The van der Waals surface area contributed by atoms with Gasteiger partial charge >= 0.3 is 6.18 Å². The van der Waals surface area contributed by atoms with Gasteiger partial charge in [0.05, 0.1) is 11.7 Å². The Morgan fingerprint density at radius 3 is 1.94 bits per heavy atom. The first kappa shape index (κ1) is 15.0. The highest BCUT2D eigenvalue weighted by molar-refractivity contribution is 5.25. The van der Waals surface area contributed by atoms with Crippen LogP contribution in [-0.4, -0.2) is 11.2 Å². The molecule has 1 atom stereocenters. The molecule has 1 rings (SSSR count). The molecule has 0 radical (unpaired) electrons. The third-order valence-corrected chi connectivity index (χ3v) is 2.60. The van der Waals surface area contributed by atoms with Crippen molar-refractivity contribution >= 4 is 0 Å². The fourth-order valence-electron chi connectivity index (χ4n) is 1.88. The molecule has 0 heterocycles. The molecule has 0 fully saturated rings. The smallest absolute Gasteiger partial charge is 0.393 e. The second-order valence-electron chi connectivity index (χ2n) is 5.82. The molecular weight excluding hydrogens is 241 g/mol. The minimum atomic E-state index is -4.30. The van der Waals surface area contributed by atoms with Crippen LogP contribution in [0.2, 0.25) is 0 Å². The first-order valence-electron chi connectivity index (χ1n) is 5.92. The third kappa shape index (κ3) is 5.08. The van der Waals surface area contributed by atoms with Crippen molar-refractivity contribution in [1.82, 2.24) is 0 Å². The van der Waals surface area contributed by atoms with Gasteiger partial charge < -0.3 is 5.11 Å². The molecule has 0 aliphatic heterocycles. The molecular formula is C14H19F3O. The molecule has 1 nitrogen and oxygen atoms in total. The molecule has 0 spiro atoms. The van der Waals surface area contributed by atoms with Crippen molar-refractivity contribution in [3.05, 3.63) is 35.4 Å². The van der Waals surface area contributed by atoms with Crippen LogP contribution in [0.15, 0.2) is 24.3 Å². The lowest BCUT2D eigenvalue weighted by atomic mass is 9.87. The number of hydrogen-bond acceptors (Lipinski definition) is 1. The average molecular weight is 260 g/mol. The number of aliphatic hydroxyl groups excluding tert-OH is 1. The van der Waals surface area contributed by atoms with Gasteiger partial charge in [0.1, 0.15) is 0 Å². The maximum absolute atomic E-state index is 12.4. The predicted molar refractivity (Wildman–Crippen MR) is 65.2 cm³/mol. The average Bonchev–Trinajstić information content (AvgIpc) is 2.13. The van der Waals surface area contributed by atoms with E-state index in [0.717, 1.165) is 17.7 Å². The number of rotatable bonds is 3. The lowest BCUT2D eigenvalue weighted by molar-refractivity contribution is -0.137. The van der Waals surface area contributed by atoms with E-state index in [1.54, 1.807) is 0 Å². The van der Waals surface area contributed by atoms with Crippen LogP contribution >= 0.6 is 0 Å². The summed E-state index contributed by atoms with van der Waals surface area (Å²) in [6.07, 6.45) is -3.83. The topological polar surface area (TPSA) is 20.2 Å². The summed E-state index contributed by atoms with van der Waals surface area (Å²) in [5, 5.41) is 9.85. The van der Waals surface area contributed by atoms with E-state index in [1.807, 2.05) is 20.8 Å². The summed E-state index contributed by atoms with van der Waals surface area (Å²) in [5.74, 6) is 0. The SMILES string of the molecule is CC(C)(C)CC(O)Cc1ccc(C(F)(F)F)cc1. The van der Waals surface area contributed by atoms with Gasteiger partial charge in [-0.1, -0.05) is 32.9 Å². The molecule has 0 saturated carbocycles.